The van der Waals surface area contributed by atoms with E-state index in [4.69, 9.17) is 0 Å². The first-order valence-corrected chi connectivity index (χ1v) is 13.0. The van der Waals surface area contributed by atoms with Crippen molar-refractivity contribution in [1.29, 1.82) is 0 Å². The quantitative estimate of drug-likeness (QED) is 0.249. The van der Waals surface area contributed by atoms with E-state index in [0.29, 0.717) is 0 Å². The molecule has 0 N–H and O–H groups in total. The Labute approximate surface area is 190 Å². The molecule has 0 aromatic carbocycles. The molecule has 0 unspecified atom stereocenters. The molecule has 0 aliphatic heterocycles. The van der Waals surface area contributed by atoms with Crippen molar-refractivity contribution in [2.45, 2.75) is 133 Å². The molecular weight excluding hydrogens is 360 g/mol. The summed E-state index contributed by atoms with van der Waals surface area (Å²) in [5.41, 5.74) is 12.8. The minimum absolute atomic E-state index is 1.12. The summed E-state index contributed by atoms with van der Waals surface area (Å²) >= 11 is 0. The second-order valence-electron chi connectivity index (χ2n) is 7.97. The highest BCUT2D eigenvalue weighted by atomic mass is 14.2. The minimum Gasteiger partial charge on any atom is -0.0813 e. The molecule has 0 heterocycles. The fourth-order valence-corrected chi connectivity index (χ4v) is 5.16. The molecule has 0 rings (SSSR count). The summed E-state index contributed by atoms with van der Waals surface area (Å²) in [6.07, 6.45) is 16.2. The zero-order chi connectivity index (χ0) is 23.1. The Hall–Kier alpha value is -1.30. The first kappa shape index (κ1) is 28.7. The van der Waals surface area contributed by atoms with Crippen LogP contribution in [0.5, 0.6) is 0 Å². The van der Waals surface area contributed by atoms with Crippen molar-refractivity contribution in [2.75, 3.05) is 0 Å². The Kier molecular flexibility index (Phi) is 15.7. The molecule has 0 nitrogen and oxygen atoms in total. The summed E-state index contributed by atoms with van der Waals surface area (Å²) in [5, 5.41) is 0. The van der Waals surface area contributed by atoms with E-state index < -0.39 is 0 Å². The van der Waals surface area contributed by atoms with Crippen LogP contribution in [0.25, 0.3) is 0 Å². The van der Waals surface area contributed by atoms with Gasteiger partial charge in [0.1, 0.15) is 0 Å². The van der Waals surface area contributed by atoms with Gasteiger partial charge in [-0.05, 0) is 109 Å². The van der Waals surface area contributed by atoms with Crippen LogP contribution in [0.4, 0.5) is 0 Å². The molecular formula is C30H52. The van der Waals surface area contributed by atoms with Gasteiger partial charge in [0, 0.05) is 0 Å². The van der Waals surface area contributed by atoms with Gasteiger partial charge in [-0.25, -0.2) is 0 Å². The molecule has 0 spiro atoms. The van der Waals surface area contributed by atoms with Gasteiger partial charge in [0.15, 0.2) is 0 Å². The maximum absolute atomic E-state index is 2.46. The van der Waals surface area contributed by atoms with E-state index in [9.17, 15) is 0 Å². The molecule has 0 heteroatoms. The van der Waals surface area contributed by atoms with Crippen LogP contribution in [0.1, 0.15) is 133 Å². The van der Waals surface area contributed by atoms with Crippen LogP contribution in [0, 0.1) is 0 Å². The van der Waals surface area contributed by atoms with Gasteiger partial charge in [-0.2, -0.15) is 0 Å². The summed E-state index contributed by atoms with van der Waals surface area (Å²) in [6.45, 7) is 23.3. The zero-order valence-electron chi connectivity index (χ0n) is 22.2. The first-order chi connectivity index (χ1) is 14.5. The summed E-state index contributed by atoms with van der Waals surface area (Å²) < 4.78 is 0. The van der Waals surface area contributed by atoms with Crippen LogP contribution >= 0.6 is 0 Å². The summed E-state index contributed by atoms with van der Waals surface area (Å²) in [4.78, 5) is 0. The first-order valence-electron chi connectivity index (χ1n) is 13.0. The molecule has 0 saturated carbocycles. The number of hydrogen-bond donors (Lipinski definition) is 0. The van der Waals surface area contributed by atoms with Crippen molar-refractivity contribution < 1.29 is 0 Å². The van der Waals surface area contributed by atoms with Crippen molar-refractivity contribution in [3.8, 4) is 0 Å². The highest BCUT2D eigenvalue weighted by molar-refractivity contribution is 5.54. The van der Waals surface area contributed by atoms with Gasteiger partial charge in [0.25, 0.3) is 0 Å². The van der Waals surface area contributed by atoms with E-state index in [1.54, 1.807) is 44.6 Å². The van der Waals surface area contributed by atoms with Crippen molar-refractivity contribution in [3.05, 3.63) is 56.7 Å². The van der Waals surface area contributed by atoms with Crippen molar-refractivity contribution >= 4 is 0 Å². The topological polar surface area (TPSA) is 0 Å². The molecule has 0 radical (unpaired) electrons. The lowest BCUT2D eigenvalue weighted by Crippen LogP contribution is -2.05. The van der Waals surface area contributed by atoms with Gasteiger partial charge in [0.05, 0.1) is 0 Å². The van der Waals surface area contributed by atoms with E-state index in [1.165, 1.54) is 0 Å². The number of rotatable bonds is 14. The smallest absolute Gasteiger partial charge is 0.0302 e. The predicted octanol–water partition coefficient (Wildman–Crippen LogP) is 10.8. The lowest BCUT2D eigenvalue weighted by Gasteiger charge is -2.25. The average molecular weight is 413 g/mol. The van der Waals surface area contributed by atoms with E-state index >= 15 is 0 Å². The van der Waals surface area contributed by atoms with Crippen LogP contribution in [0.2, 0.25) is 0 Å². The average Bonchev–Trinajstić information content (AvgIpc) is 2.77. The van der Waals surface area contributed by atoms with Crippen molar-refractivity contribution in [3.63, 3.8) is 0 Å². The summed E-state index contributed by atoms with van der Waals surface area (Å²) in [6, 6.07) is 0. The van der Waals surface area contributed by atoms with Crippen LogP contribution in [-0.4, -0.2) is 0 Å². The van der Waals surface area contributed by atoms with Gasteiger partial charge in [-0.15, -0.1) is 0 Å². The molecule has 0 aromatic heterocycles. The third-order valence-corrected chi connectivity index (χ3v) is 6.38. The Morgan fingerprint density at radius 1 is 0.333 bits per heavy atom. The van der Waals surface area contributed by atoms with Gasteiger partial charge < -0.3 is 0 Å². The molecule has 0 aliphatic carbocycles. The van der Waals surface area contributed by atoms with Gasteiger partial charge in [0.2, 0.25) is 0 Å². The fraction of sp³-hybridized carbons (Fsp3) is 0.667. The Balaban J connectivity index is 7.24. The van der Waals surface area contributed by atoms with Crippen LogP contribution in [-0.2, 0) is 0 Å². The Bertz CT molecular complexity index is 600. The van der Waals surface area contributed by atoms with E-state index in [1.807, 2.05) is 0 Å². The van der Waals surface area contributed by atoms with Crippen LogP contribution in [0.3, 0.4) is 0 Å². The third-order valence-electron chi connectivity index (χ3n) is 6.38. The van der Waals surface area contributed by atoms with Crippen LogP contribution in [0.15, 0.2) is 56.7 Å². The van der Waals surface area contributed by atoms with Gasteiger partial charge in [-0.3, -0.25) is 0 Å². The molecule has 0 bridgehead atoms. The molecule has 0 aliphatic rings. The monoisotopic (exact) mass is 412 g/mol. The highest BCUT2D eigenvalue weighted by Crippen LogP contribution is 2.38. The molecule has 0 fully saturated rings. The lowest BCUT2D eigenvalue weighted by atomic mass is 9.80. The molecule has 0 atom stereocenters. The second-order valence-corrected chi connectivity index (χ2v) is 7.97. The SMILES string of the molecule is CCC=C(CC)/C(CC)=C(CC)/C(CC)=C(CC)\C(CC)=C(/CC)C(=CCC)CC. The summed E-state index contributed by atoms with van der Waals surface area (Å²) in [7, 11) is 0. The fourth-order valence-electron chi connectivity index (χ4n) is 5.16. The van der Waals surface area contributed by atoms with Gasteiger partial charge >= 0.3 is 0 Å². The predicted molar refractivity (Wildman–Crippen MR) is 140 cm³/mol. The van der Waals surface area contributed by atoms with Gasteiger partial charge in [-0.1, -0.05) is 81.4 Å². The molecule has 30 heavy (non-hydrogen) atoms. The maximum atomic E-state index is 2.46. The molecule has 0 saturated heterocycles. The summed E-state index contributed by atoms with van der Waals surface area (Å²) in [5.74, 6) is 0. The molecule has 0 amide bonds. The van der Waals surface area contributed by atoms with E-state index in [0.717, 1.165) is 64.2 Å². The Morgan fingerprint density at radius 2 is 0.567 bits per heavy atom. The Morgan fingerprint density at radius 3 is 0.733 bits per heavy atom. The largest absolute Gasteiger partial charge is 0.0813 e. The molecule has 0 aromatic rings. The normalized spacial score (nSPS) is 15.7. The van der Waals surface area contributed by atoms with E-state index in [2.05, 4.69) is 81.4 Å². The lowest BCUT2D eigenvalue weighted by molar-refractivity contribution is 0.882. The number of allylic oxidation sites excluding steroid dienone is 10. The van der Waals surface area contributed by atoms with E-state index in [-0.39, 0.29) is 0 Å². The third kappa shape index (κ3) is 7.44. The van der Waals surface area contributed by atoms with Crippen LogP contribution < -0.4 is 0 Å². The van der Waals surface area contributed by atoms with Crippen molar-refractivity contribution in [2.24, 2.45) is 0 Å². The van der Waals surface area contributed by atoms with Crippen molar-refractivity contribution in [1.82, 2.24) is 0 Å². The highest BCUT2D eigenvalue weighted by Gasteiger charge is 2.18. The number of hydrogen-bond acceptors (Lipinski definition) is 0. The second kappa shape index (κ2) is 16.4. The zero-order valence-corrected chi connectivity index (χ0v) is 22.2. The standard InChI is InChI=1S/C30H52/c1-11-21-23(13-3)25(15-5)27(17-7)29(19-9)30(20-10)28(18-8)26(16-6)24(14-4)22-12-2/h21-22H,11-20H2,1-10H3/b23-21?,24-22?,27-25+,28-26+,30-29-. The molecule has 172 valence electrons. The maximum Gasteiger partial charge on any atom is -0.0302 e. The minimum atomic E-state index is 1.12.